The average Bonchev–Trinajstić information content (AvgIpc) is 3.22. The van der Waals surface area contributed by atoms with Gasteiger partial charge in [-0.1, -0.05) is 0 Å². The van der Waals surface area contributed by atoms with Crippen molar-refractivity contribution < 1.29 is 19.0 Å². The van der Waals surface area contributed by atoms with Gasteiger partial charge in [-0.25, -0.2) is 0 Å². The van der Waals surface area contributed by atoms with Crippen LogP contribution in [0.4, 0.5) is 5.69 Å². The summed E-state index contributed by atoms with van der Waals surface area (Å²) >= 11 is 0. The summed E-state index contributed by atoms with van der Waals surface area (Å²) in [7, 11) is 6.33. The van der Waals surface area contributed by atoms with E-state index in [1.54, 1.807) is 46.6 Å². The Kier molecular flexibility index (Phi) is 7.53. The van der Waals surface area contributed by atoms with Crippen LogP contribution >= 0.6 is 12.4 Å². The minimum absolute atomic E-state index is 0. The van der Waals surface area contributed by atoms with Gasteiger partial charge in [-0.15, -0.1) is 12.4 Å². The number of piperidine rings is 1. The van der Waals surface area contributed by atoms with Crippen LogP contribution in [-0.2, 0) is 0 Å². The standard InChI is InChI=1S/C19H26N4O4.ClH/c1-22(14-10-16(25-2)18(27-4)17(11-14)26-3)19(24)15-7-9-23(21-15)13-6-5-8-20-12-13;/h7,9-11,13,20H,5-6,8,12H2,1-4H3;1H. The number of anilines is 1. The van der Waals surface area contributed by atoms with Crippen LogP contribution in [0.15, 0.2) is 24.4 Å². The molecule has 1 aliphatic rings. The zero-order valence-electron chi connectivity index (χ0n) is 16.6. The van der Waals surface area contributed by atoms with Crippen molar-refractivity contribution in [1.29, 1.82) is 0 Å². The first kappa shape index (κ1) is 21.8. The Bertz CT molecular complexity index is 780. The number of hydrogen-bond acceptors (Lipinski definition) is 6. The van der Waals surface area contributed by atoms with Gasteiger partial charge in [-0.05, 0) is 25.5 Å². The smallest absolute Gasteiger partial charge is 0.278 e. The summed E-state index contributed by atoms with van der Waals surface area (Å²) in [6.07, 6.45) is 4.04. The monoisotopic (exact) mass is 410 g/mol. The van der Waals surface area contributed by atoms with Gasteiger partial charge in [0.05, 0.1) is 33.1 Å². The van der Waals surface area contributed by atoms with Crippen molar-refractivity contribution in [2.75, 3.05) is 46.4 Å². The average molecular weight is 411 g/mol. The molecule has 154 valence electrons. The van der Waals surface area contributed by atoms with Crippen molar-refractivity contribution in [3.8, 4) is 17.2 Å². The van der Waals surface area contributed by atoms with Crippen molar-refractivity contribution in [3.05, 3.63) is 30.1 Å². The highest BCUT2D eigenvalue weighted by Gasteiger charge is 2.22. The Hall–Kier alpha value is -2.45. The van der Waals surface area contributed by atoms with E-state index in [1.165, 1.54) is 4.90 Å². The normalized spacial score (nSPS) is 16.1. The van der Waals surface area contributed by atoms with Gasteiger partial charge < -0.3 is 24.4 Å². The number of halogens is 1. The number of methoxy groups -OCH3 is 3. The highest BCUT2D eigenvalue weighted by molar-refractivity contribution is 6.04. The first-order valence-electron chi connectivity index (χ1n) is 8.93. The maximum absolute atomic E-state index is 12.9. The molecule has 1 amide bonds. The van der Waals surface area contributed by atoms with Crippen molar-refractivity contribution in [2.24, 2.45) is 0 Å². The molecule has 1 N–H and O–H groups in total. The second kappa shape index (κ2) is 9.66. The molecule has 1 unspecified atom stereocenters. The van der Waals surface area contributed by atoms with Gasteiger partial charge in [0, 0.05) is 31.9 Å². The molecule has 2 heterocycles. The summed E-state index contributed by atoms with van der Waals surface area (Å²) in [4.78, 5) is 14.4. The lowest BCUT2D eigenvalue weighted by Crippen LogP contribution is -2.32. The number of rotatable bonds is 6. The second-order valence-corrected chi connectivity index (χ2v) is 6.43. The molecule has 1 fully saturated rings. The van der Waals surface area contributed by atoms with E-state index in [2.05, 4.69) is 10.4 Å². The maximum atomic E-state index is 12.9. The van der Waals surface area contributed by atoms with E-state index in [0.717, 1.165) is 25.9 Å². The number of carbonyl (C=O) groups is 1. The minimum Gasteiger partial charge on any atom is -0.493 e. The molecule has 2 aromatic rings. The molecular weight excluding hydrogens is 384 g/mol. The summed E-state index contributed by atoms with van der Waals surface area (Å²) in [5.41, 5.74) is 1.03. The fourth-order valence-electron chi connectivity index (χ4n) is 3.26. The van der Waals surface area contributed by atoms with Gasteiger partial charge in [0.2, 0.25) is 5.75 Å². The molecule has 0 aliphatic carbocycles. The SMILES string of the molecule is COc1cc(N(C)C(=O)c2ccn(C3CCCNC3)n2)cc(OC)c1OC.Cl. The number of hydrogen-bond donors (Lipinski definition) is 1. The molecule has 1 aliphatic heterocycles. The van der Waals surface area contributed by atoms with Crippen LogP contribution in [0.25, 0.3) is 0 Å². The largest absolute Gasteiger partial charge is 0.493 e. The molecule has 9 heteroatoms. The molecule has 28 heavy (non-hydrogen) atoms. The summed E-state index contributed by atoms with van der Waals surface area (Å²) in [5.74, 6) is 1.26. The predicted octanol–water partition coefficient (Wildman–Crippen LogP) is 2.53. The quantitative estimate of drug-likeness (QED) is 0.788. The van der Waals surface area contributed by atoms with Gasteiger partial charge in [-0.2, -0.15) is 5.10 Å². The van der Waals surface area contributed by atoms with Crippen LogP contribution in [0.1, 0.15) is 29.4 Å². The molecule has 1 aromatic carbocycles. The molecule has 3 rings (SSSR count). The lowest BCUT2D eigenvalue weighted by atomic mass is 10.1. The number of nitrogens with one attached hydrogen (secondary N) is 1. The van der Waals surface area contributed by atoms with Crippen LogP contribution < -0.4 is 24.4 Å². The van der Waals surface area contributed by atoms with Crippen LogP contribution in [0, 0.1) is 0 Å². The molecule has 1 aromatic heterocycles. The van der Waals surface area contributed by atoms with Crippen LogP contribution in [0.2, 0.25) is 0 Å². The molecule has 8 nitrogen and oxygen atoms in total. The van der Waals surface area contributed by atoms with E-state index in [1.807, 2.05) is 10.9 Å². The van der Waals surface area contributed by atoms with Gasteiger partial charge in [-0.3, -0.25) is 9.48 Å². The molecule has 0 spiro atoms. The summed E-state index contributed by atoms with van der Waals surface area (Å²) in [5, 5.41) is 7.86. The Morgan fingerprint density at radius 3 is 2.43 bits per heavy atom. The van der Waals surface area contributed by atoms with Gasteiger partial charge >= 0.3 is 0 Å². The predicted molar refractivity (Wildman–Crippen MR) is 109 cm³/mol. The van der Waals surface area contributed by atoms with E-state index >= 15 is 0 Å². The van der Waals surface area contributed by atoms with Crippen molar-refractivity contribution in [2.45, 2.75) is 18.9 Å². The number of ether oxygens (including phenoxy) is 3. The van der Waals surface area contributed by atoms with Crippen molar-refractivity contribution in [1.82, 2.24) is 15.1 Å². The summed E-state index contributed by atoms with van der Waals surface area (Å²) < 4.78 is 17.9. The lowest BCUT2D eigenvalue weighted by molar-refractivity contribution is 0.0987. The van der Waals surface area contributed by atoms with Crippen LogP contribution in [0.5, 0.6) is 17.2 Å². The van der Waals surface area contributed by atoms with Crippen LogP contribution in [-0.4, -0.2) is 57.2 Å². The van der Waals surface area contributed by atoms with Crippen molar-refractivity contribution in [3.63, 3.8) is 0 Å². The molecule has 0 saturated carbocycles. The third-order valence-corrected chi connectivity index (χ3v) is 4.81. The second-order valence-electron chi connectivity index (χ2n) is 6.43. The van der Waals surface area contributed by atoms with E-state index in [4.69, 9.17) is 14.2 Å². The Morgan fingerprint density at radius 1 is 1.21 bits per heavy atom. The molecular formula is C19H27ClN4O4. The van der Waals surface area contributed by atoms with Gasteiger partial charge in [0.25, 0.3) is 5.91 Å². The molecule has 0 radical (unpaired) electrons. The summed E-state index contributed by atoms with van der Waals surface area (Å²) in [6, 6.07) is 5.51. The van der Waals surface area contributed by atoms with E-state index in [0.29, 0.717) is 28.6 Å². The zero-order chi connectivity index (χ0) is 19.4. The fourth-order valence-corrected chi connectivity index (χ4v) is 3.26. The number of nitrogens with zero attached hydrogens (tertiary/aromatic N) is 3. The highest BCUT2D eigenvalue weighted by atomic mass is 35.5. The maximum Gasteiger partial charge on any atom is 0.278 e. The highest BCUT2D eigenvalue weighted by Crippen LogP contribution is 2.41. The number of aromatic nitrogens is 2. The summed E-state index contributed by atoms with van der Waals surface area (Å²) in [6.45, 7) is 1.91. The third kappa shape index (κ3) is 4.34. The lowest BCUT2D eigenvalue weighted by Gasteiger charge is -2.23. The van der Waals surface area contributed by atoms with Gasteiger partial charge in [0.15, 0.2) is 17.2 Å². The Labute approximate surface area is 171 Å². The number of amides is 1. The van der Waals surface area contributed by atoms with Crippen molar-refractivity contribution >= 4 is 24.0 Å². The van der Waals surface area contributed by atoms with Gasteiger partial charge in [0.1, 0.15) is 0 Å². The first-order valence-corrected chi connectivity index (χ1v) is 8.93. The van der Waals surface area contributed by atoms with E-state index < -0.39 is 0 Å². The Morgan fingerprint density at radius 2 is 1.89 bits per heavy atom. The van der Waals surface area contributed by atoms with E-state index in [-0.39, 0.29) is 24.4 Å². The topological polar surface area (TPSA) is 77.9 Å². The number of benzene rings is 1. The van der Waals surface area contributed by atoms with E-state index in [9.17, 15) is 4.79 Å². The fraction of sp³-hybridized carbons (Fsp3) is 0.474. The number of carbonyl (C=O) groups excluding carboxylic acids is 1. The third-order valence-electron chi connectivity index (χ3n) is 4.81. The molecule has 1 atom stereocenters. The molecule has 1 saturated heterocycles. The first-order chi connectivity index (χ1) is 13.1. The molecule has 0 bridgehead atoms. The zero-order valence-corrected chi connectivity index (χ0v) is 17.4. The van der Waals surface area contributed by atoms with Crippen LogP contribution in [0.3, 0.4) is 0 Å². The minimum atomic E-state index is -0.202. The Balaban J connectivity index is 0.00000280.